The summed E-state index contributed by atoms with van der Waals surface area (Å²) in [6, 6.07) is 8.41. The highest BCUT2D eigenvalue weighted by atomic mass is 79.9. The normalized spacial score (nSPS) is 26.0. The van der Waals surface area contributed by atoms with E-state index >= 15 is 0 Å². The van der Waals surface area contributed by atoms with Crippen LogP contribution in [0.5, 0.6) is 0 Å². The minimum atomic E-state index is -0.764. The third-order valence-corrected chi connectivity index (χ3v) is 5.61. The van der Waals surface area contributed by atoms with Crippen LogP contribution >= 0.6 is 27.7 Å². The van der Waals surface area contributed by atoms with Crippen LogP contribution < -0.4 is 5.32 Å². The number of carboxylic acids is 1. The van der Waals surface area contributed by atoms with E-state index in [-0.39, 0.29) is 6.04 Å². The maximum absolute atomic E-state index is 11.8. The van der Waals surface area contributed by atoms with Gasteiger partial charge in [0.05, 0.1) is 0 Å². The highest BCUT2D eigenvalue weighted by Gasteiger charge is 2.43. The largest absolute Gasteiger partial charge is 0.480 e. The Bertz CT molecular complexity index is 492. The molecule has 3 nitrogen and oxygen atoms in total. The summed E-state index contributed by atoms with van der Waals surface area (Å²) in [7, 11) is 0. The van der Waals surface area contributed by atoms with Crippen molar-refractivity contribution < 1.29 is 9.90 Å². The Morgan fingerprint density at radius 2 is 2.10 bits per heavy atom. The second-order valence-corrected chi connectivity index (χ2v) is 8.27. The molecule has 0 amide bonds. The molecule has 2 atom stereocenters. The molecule has 0 aromatic heterocycles. The number of halogens is 1. The van der Waals surface area contributed by atoms with Crippen molar-refractivity contribution >= 4 is 33.7 Å². The van der Waals surface area contributed by atoms with Gasteiger partial charge in [-0.15, -0.1) is 11.8 Å². The lowest BCUT2D eigenvalue weighted by Crippen LogP contribution is -2.57. The SMILES string of the molecule is CC(C)NC1(C(=O)O)CCCC(Sc2ccc(Br)cc2)C1. The maximum Gasteiger partial charge on any atom is 0.323 e. The van der Waals surface area contributed by atoms with Crippen LogP contribution in [-0.4, -0.2) is 27.9 Å². The number of rotatable bonds is 5. The summed E-state index contributed by atoms with van der Waals surface area (Å²) >= 11 is 5.23. The molecule has 21 heavy (non-hydrogen) atoms. The van der Waals surface area contributed by atoms with Crippen LogP contribution in [0.15, 0.2) is 33.6 Å². The Balaban J connectivity index is 2.08. The summed E-state index contributed by atoms with van der Waals surface area (Å²) in [5.41, 5.74) is -0.764. The molecule has 0 bridgehead atoms. The predicted molar refractivity (Wildman–Crippen MR) is 90.9 cm³/mol. The number of thioether (sulfide) groups is 1. The van der Waals surface area contributed by atoms with Crippen molar-refractivity contribution in [2.75, 3.05) is 0 Å². The lowest BCUT2D eigenvalue weighted by atomic mass is 9.81. The highest BCUT2D eigenvalue weighted by Crippen LogP contribution is 2.39. The molecule has 1 aromatic rings. The van der Waals surface area contributed by atoms with E-state index in [1.165, 1.54) is 4.90 Å². The zero-order chi connectivity index (χ0) is 15.5. The molecule has 1 saturated carbocycles. The third kappa shape index (κ3) is 4.47. The van der Waals surface area contributed by atoms with Gasteiger partial charge in [0, 0.05) is 20.7 Å². The molecule has 0 saturated heterocycles. The standard InChI is InChI=1S/C16H22BrNO2S/c1-11(2)18-16(15(19)20)9-3-4-14(10-16)21-13-7-5-12(17)6-8-13/h5-8,11,14,18H,3-4,9-10H2,1-2H3,(H,19,20). The van der Waals surface area contributed by atoms with Gasteiger partial charge in [0.2, 0.25) is 0 Å². The van der Waals surface area contributed by atoms with Gasteiger partial charge >= 0.3 is 5.97 Å². The Morgan fingerprint density at radius 1 is 1.43 bits per heavy atom. The summed E-state index contributed by atoms with van der Waals surface area (Å²) in [5, 5.41) is 13.3. The molecular weight excluding hydrogens is 350 g/mol. The maximum atomic E-state index is 11.8. The Morgan fingerprint density at radius 3 is 2.67 bits per heavy atom. The van der Waals surface area contributed by atoms with Crippen LogP contribution in [-0.2, 0) is 4.79 Å². The lowest BCUT2D eigenvalue weighted by molar-refractivity contribution is -0.146. The minimum Gasteiger partial charge on any atom is -0.480 e. The van der Waals surface area contributed by atoms with Crippen molar-refractivity contribution in [2.45, 2.75) is 61.3 Å². The molecule has 1 fully saturated rings. The van der Waals surface area contributed by atoms with E-state index in [1.54, 1.807) is 11.8 Å². The van der Waals surface area contributed by atoms with Crippen LogP contribution in [0, 0.1) is 0 Å². The molecule has 2 unspecified atom stereocenters. The van der Waals surface area contributed by atoms with E-state index in [0.29, 0.717) is 11.7 Å². The summed E-state index contributed by atoms with van der Waals surface area (Å²) < 4.78 is 1.07. The molecule has 1 aliphatic rings. The molecule has 0 spiro atoms. The van der Waals surface area contributed by atoms with E-state index in [0.717, 1.165) is 23.7 Å². The predicted octanol–water partition coefficient (Wildman–Crippen LogP) is 4.31. The van der Waals surface area contributed by atoms with Gasteiger partial charge in [0.1, 0.15) is 5.54 Å². The number of hydrogen-bond acceptors (Lipinski definition) is 3. The van der Waals surface area contributed by atoms with E-state index in [1.807, 2.05) is 26.0 Å². The molecule has 0 aliphatic heterocycles. The first kappa shape index (κ1) is 16.8. The number of aliphatic carboxylic acids is 1. The van der Waals surface area contributed by atoms with E-state index in [9.17, 15) is 9.90 Å². The molecule has 2 rings (SSSR count). The fourth-order valence-corrected chi connectivity index (χ4v) is 4.56. The lowest BCUT2D eigenvalue weighted by Gasteiger charge is -2.39. The zero-order valence-electron chi connectivity index (χ0n) is 12.4. The number of benzene rings is 1. The van der Waals surface area contributed by atoms with Crippen molar-refractivity contribution in [3.8, 4) is 0 Å². The van der Waals surface area contributed by atoms with Gasteiger partial charge in [-0.2, -0.15) is 0 Å². The average Bonchev–Trinajstić information content (AvgIpc) is 2.41. The quantitative estimate of drug-likeness (QED) is 0.809. The van der Waals surface area contributed by atoms with Gasteiger partial charge in [-0.05, 0) is 63.8 Å². The summed E-state index contributed by atoms with van der Waals surface area (Å²) in [5.74, 6) is -0.711. The van der Waals surface area contributed by atoms with Gasteiger partial charge in [0.25, 0.3) is 0 Å². The molecule has 1 aromatic carbocycles. The first-order chi connectivity index (χ1) is 9.91. The van der Waals surface area contributed by atoms with E-state index in [4.69, 9.17) is 0 Å². The van der Waals surface area contributed by atoms with Gasteiger partial charge in [-0.25, -0.2) is 0 Å². The number of carboxylic acid groups (broad SMARTS) is 1. The van der Waals surface area contributed by atoms with Crippen molar-refractivity contribution in [3.05, 3.63) is 28.7 Å². The molecule has 0 heterocycles. The molecule has 0 radical (unpaired) electrons. The second-order valence-electron chi connectivity index (χ2n) is 5.98. The molecule has 5 heteroatoms. The van der Waals surface area contributed by atoms with Crippen LogP contribution in [0.3, 0.4) is 0 Å². The molecular formula is C16H22BrNO2S. The molecule has 116 valence electrons. The van der Waals surface area contributed by atoms with E-state index < -0.39 is 11.5 Å². The van der Waals surface area contributed by atoms with Gasteiger partial charge in [-0.1, -0.05) is 15.9 Å². The third-order valence-electron chi connectivity index (χ3n) is 3.80. The topological polar surface area (TPSA) is 49.3 Å². The smallest absolute Gasteiger partial charge is 0.323 e. The van der Waals surface area contributed by atoms with Crippen molar-refractivity contribution in [1.29, 1.82) is 0 Å². The number of carbonyl (C=O) groups is 1. The minimum absolute atomic E-state index is 0.178. The first-order valence-corrected chi connectivity index (χ1v) is 9.02. The Kier molecular flexibility index (Phi) is 5.74. The monoisotopic (exact) mass is 371 g/mol. The Labute approximate surface area is 139 Å². The highest BCUT2D eigenvalue weighted by molar-refractivity contribution is 9.10. The number of hydrogen-bond donors (Lipinski definition) is 2. The second kappa shape index (κ2) is 7.16. The van der Waals surface area contributed by atoms with E-state index in [2.05, 4.69) is 33.4 Å². The first-order valence-electron chi connectivity index (χ1n) is 7.34. The fraction of sp³-hybridized carbons (Fsp3) is 0.562. The van der Waals surface area contributed by atoms with Gasteiger partial charge < -0.3 is 5.11 Å². The number of nitrogens with one attached hydrogen (secondary N) is 1. The summed E-state index contributed by atoms with van der Waals surface area (Å²) in [6.45, 7) is 4.02. The molecule has 1 aliphatic carbocycles. The van der Waals surface area contributed by atoms with Gasteiger partial charge in [0.15, 0.2) is 0 Å². The summed E-state index contributed by atoms with van der Waals surface area (Å²) in [4.78, 5) is 13.0. The molecule has 2 N–H and O–H groups in total. The van der Waals surface area contributed by atoms with Gasteiger partial charge in [-0.3, -0.25) is 10.1 Å². The Hall–Kier alpha value is -0.520. The van der Waals surface area contributed by atoms with Crippen molar-refractivity contribution in [1.82, 2.24) is 5.32 Å². The van der Waals surface area contributed by atoms with Crippen LogP contribution in [0.25, 0.3) is 0 Å². The van der Waals surface area contributed by atoms with Crippen molar-refractivity contribution in [3.63, 3.8) is 0 Å². The summed E-state index contributed by atoms with van der Waals surface area (Å²) in [6.07, 6.45) is 3.44. The van der Waals surface area contributed by atoms with Crippen LogP contribution in [0.4, 0.5) is 0 Å². The fourth-order valence-electron chi connectivity index (χ4n) is 2.97. The van der Waals surface area contributed by atoms with Crippen LogP contribution in [0.1, 0.15) is 39.5 Å². The van der Waals surface area contributed by atoms with Crippen LogP contribution in [0.2, 0.25) is 0 Å². The zero-order valence-corrected chi connectivity index (χ0v) is 14.8. The average molecular weight is 372 g/mol. The van der Waals surface area contributed by atoms with Crippen molar-refractivity contribution in [2.24, 2.45) is 0 Å².